The first-order valence-electron chi connectivity index (χ1n) is 19.6. The summed E-state index contributed by atoms with van der Waals surface area (Å²) in [6, 6.07) is 60.2. The Hall–Kier alpha value is -7.56. The molecule has 1 aromatic heterocycles. The van der Waals surface area contributed by atoms with Gasteiger partial charge in [-0.15, -0.1) is 0 Å². The minimum absolute atomic E-state index is 0.254. The average molecular weight is 749 g/mol. The Morgan fingerprint density at radius 1 is 0.534 bits per heavy atom. The minimum atomic E-state index is 0.254. The van der Waals surface area contributed by atoms with Crippen LogP contribution in [-0.2, 0) is 0 Å². The van der Waals surface area contributed by atoms with Crippen LogP contribution in [0.15, 0.2) is 205 Å². The van der Waals surface area contributed by atoms with Gasteiger partial charge in [-0.3, -0.25) is 0 Å². The molecule has 0 atom stereocenters. The molecule has 4 heteroatoms. The molecular formula is C54H40N2O2. The fourth-order valence-corrected chi connectivity index (χ4v) is 8.77. The topological polar surface area (TPSA) is 39.9 Å². The van der Waals surface area contributed by atoms with E-state index in [2.05, 4.69) is 181 Å². The van der Waals surface area contributed by atoms with Gasteiger partial charge in [-0.05, 0) is 101 Å². The molecule has 0 aliphatic rings. The molecule has 0 bridgehead atoms. The van der Waals surface area contributed by atoms with Crippen molar-refractivity contribution < 1.29 is 9.52 Å². The van der Waals surface area contributed by atoms with Crippen molar-refractivity contribution in [1.29, 1.82) is 0 Å². The number of hydrogen-bond acceptors (Lipinski definition) is 4. The standard InChI is InChI=1S/C54H40N2O2/c1-4-5-20-42(36(3)57)41-22-14-24-47(35(41)2)55(39-16-8-6-9-17-39)48-33-29-37-28-32-46-49(34-30-38-27-31-45(48)52(37)53(38)46)56(40-18-10-7-11-19-40)50-25-15-23-44-43-21-12-13-26-51(43)58-54(44)50/h4-34,57H,1H2,2-3H3/b20-5-,42-36-. The lowest BCUT2D eigenvalue weighted by atomic mass is 9.91. The van der Waals surface area contributed by atoms with E-state index in [1.54, 1.807) is 13.0 Å². The number of aliphatic hydroxyl groups excluding tert-OH is 1. The molecule has 0 unspecified atom stereocenters. The largest absolute Gasteiger partial charge is 0.512 e. The second-order valence-corrected chi connectivity index (χ2v) is 14.7. The summed E-state index contributed by atoms with van der Waals surface area (Å²) in [5.74, 6) is 0.254. The molecule has 0 aliphatic carbocycles. The summed E-state index contributed by atoms with van der Waals surface area (Å²) in [5, 5.41) is 20.1. The Balaban J connectivity index is 1.23. The lowest BCUT2D eigenvalue weighted by Crippen LogP contribution is -2.13. The van der Waals surface area contributed by atoms with Crippen molar-refractivity contribution in [1.82, 2.24) is 0 Å². The van der Waals surface area contributed by atoms with E-state index in [0.717, 1.165) is 83.5 Å². The second-order valence-electron chi connectivity index (χ2n) is 14.7. The number of benzene rings is 9. The quantitative estimate of drug-likeness (QED) is 0.0906. The van der Waals surface area contributed by atoms with Crippen LogP contribution in [0.5, 0.6) is 0 Å². The van der Waals surface area contributed by atoms with Crippen molar-refractivity contribution in [3.63, 3.8) is 0 Å². The lowest BCUT2D eigenvalue weighted by molar-refractivity contribution is 0.417. The molecule has 4 nitrogen and oxygen atoms in total. The summed E-state index contributed by atoms with van der Waals surface area (Å²) in [7, 11) is 0. The van der Waals surface area contributed by atoms with Gasteiger partial charge in [-0.1, -0.05) is 140 Å². The summed E-state index contributed by atoms with van der Waals surface area (Å²) in [6.07, 6.45) is 5.51. The highest BCUT2D eigenvalue weighted by atomic mass is 16.3. The van der Waals surface area contributed by atoms with Crippen molar-refractivity contribution in [3.05, 3.63) is 212 Å². The summed E-state index contributed by atoms with van der Waals surface area (Å²) in [6.45, 7) is 7.72. The summed E-state index contributed by atoms with van der Waals surface area (Å²) in [5.41, 5.74) is 10.7. The smallest absolute Gasteiger partial charge is 0.159 e. The van der Waals surface area contributed by atoms with Crippen LogP contribution in [0, 0.1) is 6.92 Å². The molecule has 0 aliphatic heterocycles. The number of nitrogens with zero attached hydrogens (tertiary/aromatic N) is 2. The third kappa shape index (κ3) is 5.61. The van der Waals surface area contributed by atoms with Crippen molar-refractivity contribution in [2.45, 2.75) is 13.8 Å². The van der Waals surface area contributed by atoms with Gasteiger partial charge in [0, 0.05) is 44.2 Å². The highest BCUT2D eigenvalue weighted by molar-refractivity contribution is 6.28. The minimum Gasteiger partial charge on any atom is -0.512 e. The highest BCUT2D eigenvalue weighted by Crippen LogP contribution is 2.49. The number of allylic oxidation sites excluding steroid dienone is 5. The number of furan rings is 1. The van der Waals surface area contributed by atoms with Gasteiger partial charge in [0.25, 0.3) is 0 Å². The van der Waals surface area contributed by atoms with E-state index in [0.29, 0.717) is 0 Å². The molecule has 1 heterocycles. The first kappa shape index (κ1) is 34.9. The van der Waals surface area contributed by atoms with E-state index in [1.807, 2.05) is 24.3 Å². The molecule has 10 aromatic rings. The molecular weight excluding hydrogens is 709 g/mol. The predicted molar refractivity (Wildman–Crippen MR) is 246 cm³/mol. The highest BCUT2D eigenvalue weighted by Gasteiger charge is 2.25. The molecule has 58 heavy (non-hydrogen) atoms. The zero-order valence-electron chi connectivity index (χ0n) is 32.4. The van der Waals surface area contributed by atoms with Crippen molar-refractivity contribution in [2.75, 3.05) is 9.80 Å². The average Bonchev–Trinajstić information content (AvgIpc) is 3.65. The maximum atomic E-state index is 10.8. The van der Waals surface area contributed by atoms with Gasteiger partial charge in [0.15, 0.2) is 5.58 Å². The third-order valence-electron chi connectivity index (χ3n) is 11.4. The number of rotatable bonds is 9. The first-order valence-corrected chi connectivity index (χ1v) is 19.6. The number of fused-ring (bicyclic) bond motifs is 3. The molecule has 0 saturated carbocycles. The van der Waals surface area contributed by atoms with Crippen molar-refractivity contribution in [3.8, 4) is 0 Å². The maximum Gasteiger partial charge on any atom is 0.159 e. The molecule has 0 radical (unpaired) electrons. The third-order valence-corrected chi connectivity index (χ3v) is 11.4. The fraction of sp³-hybridized carbons (Fsp3) is 0.0370. The molecule has 0 amide bonds. The van der Waals surface area contributed by atoms with Crippen molar-refractivity contribution in [2.24, 2.45) is 0 Å². The Bertz CT molecular complexity index is 3230. The zero-order valence-corrected chi connectivity index (χ0v) is 32.4. The number of anilines is 6. The van der Waals surface area contributed by atoms with Crippen LogP contribution in [0.4, 0.5) is 34.1 Å². The van der Waals surface area contributed by atoms with Crippen molar-refractivity contribution >= 4 is 94.0 Å². The van der Waals surface area contributed by atoms with Crippen LogP contribution >= 0.6 is 0 Å². The van der Waals surface area contributed by atoms with Crippen LogP contribution in [0.2, 0.25) is 0 Å². The van der Waals surface area contributed by atoms with E-state index in [1.165, 1.54) is 21.5 Å². The number of hydrogen-bond donors (Lipinski definition) is 1. The summed E-state index contributed by atoms with van der Waals surface area (Å²) < 4.78 is 6.65. The fourth-order valence-electron chi connectivity index (χ4n) is 8.77. The van der Waals surface area contributed by atoms with E-state index < -0.39 is 0 Å². The summed E-state index contributed by atoms with van der Waals surface area (Å²) in [4.78, 5) is 4.70. The van der Waals surface area contributed by atoms with Crippen LogP contribution in [0.3, 0.4) is 0 Å². The maximum absolute atomic E-state index is 10.8. The van der Waals surface area contributed by atoms with Gasteiger partial charge in [0.1, 0.15) is 5.58 Å². The van der Waals surface area contributed by atoms with Crippen LogP contribution in [0.25, 0.3) is 59.8 Å². The van der Waals surface area contributed by atoms with Crippen LogP contribution in [0.1, 0.15) is 18.1 Å². The van der Waals surface area contributed by atoms with E-state index in [-0.39, 0.29) is 5.76 Å². The van der Waals surface area contributed by atoms with Gasteiger partial charge in [-0.2, -0.15) is 0 Å². The van der Waals surface area contributed by atoms with E-state index >= 15 is 0 Å². The molecule has 0 spiro atoms. The van der Waals surface area contributed by atoms with Gasteiger partial charge in [0.2, 0.25) is 0 Å². The normalized spacial score (nSPS) is 12.3. The molecule has 9 aromatic carbocycles. The van der Waals surface area contributed by atoms with E-state index in [4.69, 9.17) is 4.42 Å². The first-order chi connectivity index (χ1) is 28.5. The monoisotopic (exact) mass is 748 g/mol. The zero-order chi connectivity index (χ0) is 39.3. The Kier molecular flexibility index (Phi) is 8.53. The molecule has 0 saturated heterocycles. The number of aliphatic hydroxyl groups is 1. The van der Waals surface area contributed by atoms with Crippen LogP contribution < -0.4 is 9.80 Å². The molecule has 1 N–H and O–H groups in total. The van der Waals surface area contributed by atoms with Gasteiger partial charge < -0.3 is 19.3 Å². The van der Waals surface area contributed by atoms with Crippen LogP contribution in [-0.4, -0.2) is 5.11 Å². The Morgan fingerprint density at radius 3 is 1.69 bits per heavy atom. The lowest BCUT2D eigenvalue weighted by Gasteiger charge is -2.30. The van der Waals surface area contributed by atoms with Gasteiger partial charge in [-0.25, -0.2) is 0 Å². The number of para-hydroxylation sites is 4. The summed E-state index contributed by atoms with van der Waals surface area (Å²) >= 11 is 0. The van der Waals surface area contributed by atoms with Gasteiger partial charge in [0.05, 0.1) is 22.8 Å². The SMILES string of the molecule is C=C/C=C\C(=C(/C)O)c1cccc(N(c2ccccc2)c2ccc3ccc4c(N(c5ccccc5)c5cccc6c5oc5ccccc56)ccc5ccc2c3c54)c1C. The second kappa shape index (κ2) is 14.2. The van der Waals surface area contributed by atoms with E-state index in [9.17, 15) is 5.11 Å². The molecule has 10 rings (SSSR count). The van der Waals surface area contributed by atoms with Gasteiger partial charge >= 0.3 is 0 Å². The Morgan fingerprint density at radius 2 is 1.07 bits per heavy atom. The molecule has 0 fully saturated rings. The Labute approximate surface area is 337 Å². The predicted octanol–water partition coefficient (Wildman–Crippen LogP) is 15.8. The molecule has 278 valence electrons.